The van der Waals surface area contributed by atoms with Crippen molar-refractivity contribution in [3.05, 3.63) is 53.6 Å². The second kappa shape index (κ2) is 11.8. The maximum absolute atomic E-state index is 12.6. The molecule has 0 saturated carbocycles. The van der Waals surface area contributed by atoms with Gasteiger partial charge in [-0.3, -0.25) is 9.59 Å². The summed E-state index contributed by atoms with van der Waals surface area (Å²) in [5.41, 5.74) is 0.205. The Labute approximate surface area is 204 Å². The minimum absolute atomic E-state index is 0.0139. The zero-order chi connectivity index (χ0) is 25.5. The van der Waals surface area contributed by atoms with Gasteiger partial charge in [0.25, 0.3) is 5.91 Å². The molecule has 34 heavy (non-hydrogen) atoms. The van der Waals surface area contributed by atoms with Crippen molar-refractivity contribution in [2.75, 3.05) is 38.6 Å². The predicted octanol–water partition coefficient (Wildman–Crippen LogP) is 2.17. The Balaban J connectivity index is 1.95. The Kier molecular flexibility index (Phi) is 9.59. The number of nitrogens with zero attached hydrogens (tertiary/aromatic N) is 2. The molecule has 186 valence electrons. The number of hydrogen-bond donors (Lipinski definition) is 1. The van der Waals surface area contributed by atoms with E-state index in [-0.39, 0.29) is 15.5 Å². The lowest BCUT2D eigenvalue weighted by Gasteiger charge is -2.19. The minimum Gasteiger partial charge on any atom is -0.455 e. The smallest absolute Gasteiger partial charge is 0.321 e. The van der Waals surface area contributed by atoms with Crippen LogP contribution in [-0.4, -0.2) is 70.6 Å². The highest BCUT2D eigenvalue weighted by molar-refractivity contribution is 7.89. The average Bonchev–Trinajstić information content (AvgIpc) is 2.78. The molecule has 0 bridgehead atoms. The predicted molar refractivity (Wildman–Crippen MR) is 127 cm³/mol. The van der Waals surface area contributed by atoms with Crippen LogP contribution in [0.25, 0.3) is 0 Å². The summed E-state index contributed by atoms with van der Waals surface area (Å²) in [6.45, 7) is 2.75. The first-order valence-corrected chi connectivity index (χ1v) is 13.4. The number of sulfonamides is 2. The number of likely N-dealkylation sites (N-methyl/N-ethyl adjacent to an activating group) is 1. The summed E-state index contributed by atoms with van der Waals surface area (Å²) in [6.07, 6.45) is 0. The highest BCUT2D eigenvalue weighted by atomic mass is 35.5. The van der Waals surface area contributed by atoms with Crippen molar-refractivity contribution in [2.24, 2.45) is 0 Å². The molecular formula is C21H26ClN3O7S2. The van der Waals surface area contributed by atoms with Crippen LogP contribution in [0.5, 0.6) is 0 Å². The molecule has 0 saturated heterocycles. The van der Waals surface area contributed by atoms with E-state index in [9.17, 15) is 26.4 Å². The van der Waals surface area contributed by atoms with Gasteiger partial charge in [-0.25, -0.2) is 16.8 Å². The van der Waals surface area contributed by atoms with Gasteiger partial charge in [-0.05, 0) is 42.5 Å². The molecule has 10 nitrogen and oxygen atoms in total. The van der Waals surface area contributed by atoms with Crippen molar-refractivity contribution >= 4 is 49.2 Å². The molecule has 13 heteroatoms. The van der Waals surface area contributed by atoms with Crippen LogP contribution in [0.1, 0.15) is 13.8 Å². The Morgan fingerprint density at radius 3 is 2.15 bits per heavy atom. The van der Waals surface area contributed by atoms with E-state index in [0.717, 1.165) is 4.31 Å². The van der Waals surface area contributed by atoms with Gasteiger partial charge in [0, 0.05) is 30.8 Å². The van der Waals surface area contributed by atoms with Crippen molar-refractivity contribution < 1.29 is 31.2 Å². The molecule has 0 spiro atoms. The molecule has 1 N–H and O–H groups in total. The zero-order valence-corrected chi connectivity index (χ0v) is 21.3. The molecule has 2 aromatic carbocycles. The van der Waals surface area contributed by atoms with Gasteiger partial charge in [-0.1, -0.05) is 31.5 Å². The van der Waals surface area contributed by atoms with Crippen LogP contribution in [0, 0.1) is 0 Å². The number of carbonyl (C=O) groups excluding carboxylic acids is 2. The molecule has 0 aliphatic carbocycles. The Morgan fingerprint density at radius 1 is 0.941 bits per heavy atom. The standard InChI is InChI=1S/C21H26ClN3O7S2/c1-4-25(5-2)34(30,31)19-8-6-7-17(13-19)23-20(26)15-32-21(27)14-24(3)33(28,29)18-11-9-16(22)10-12-18/h6-13H,4-5,14-15H2,1-3H3,(H,23,26). The van der Waals surface area contributed by atoms with Crippen molar-refractivity contribution in [1.29, 1.82) is 0 Å². The van der Waals surface area contributed by atoms with Crippen molar-refractivity contribution in [1.82, 2.24) is 8.61 Å². The van der Waals surface area contributed by atoms with E-state index in [1.807, 2.05) is 0 Å². The number of anilines is 1. The summed E-state index contributed by atoms with van der Waals surface area (Å²) < 4.78 is 57.2. The summed E-state index contributed by atoms with van der Waals surface area (Å²) in [6, 6.07) is 11.1. The first-order chi connectivity index (χ1) is 15.9. The number of benzene rings is 2. The van der Waals surface area contributed by atoms with Gasteiger partial charge in [0.1, 0.15) is 6.54 Å². The van der Waals surface area contributed by atoms with Gasteiger partial charge >= 0.3 is 5.97 Å². The van der Waals surface area contributed by atoms with Crippen LogP contribution in [-0.2, 0) is 34.4 Å². The summed E-state index contributed by atoms with van der Waals surface area (Å²) in [5, 5.41) is 2.82. The second-order valence-corrected chi connectivity index (χ2v) is 11.5. The van der Waals surface area contributed by atoms with Gasteiger partial charge < -0.3 is 10.1 Å². The van der Waals surface area contributed by atoms with Crippen molar-refractivity contribution in [3.63, 3.8) is 0 Å². The van der Waals surface area contributed by atoms with E-state index >= 15 is 0 Å². The van der Waals surface area contributed by atoms with Crippen molar-refractivity contribution in [2.45, 2.75) is 23.6 Å². The number of nitrogens with one attached hydrogen (secondary N) is 1. The molecule has 0 aliphatic heterocycles. The molecule has 0 heterocycles. The molecule has 0 aromatic heterocycles. The molecule has 0 fully saturated rings. The second-order valence-electron chi connectivity index (χ2n) is 7.04. The first-order valence-electron chi connectivity index (χ1n) is 10.2. The Bertz CT molecular complexity index is 1230. The Morgan fingerprint density at radius 2 is 1.56 bits per heavy atom. The minimum atomic E-state index is -3.96. The zero-order valence-electron chi connectivity index (χ0n) is 18.9. The number of esters is 1. The SMILES string of the molecule is CCN(CC)S(=O)(=O)c1cccc(NC(=O)COC(=O)CN(C)S(=O)(=O)c2ccc(Cl)cc2)c1. The molecule has 2 rings (SSSR count). The molecule has 0 radical (unpaired) electrons. The fraction of sp³-hybridized carbons (Fsp3) is 0.333. The topological polar surface area (TPSA) is 130 Å². The molecule has 2 aromatic rings. The van der Waals surface area contributed by atoms with Gasteiger partial charge in [-0.2, -0.15) is 8.61 Å². The lowest BCUT2D eigenvalue weighted by Crippen LogP contribution is -2.34. The van der Waals surface area contributed by atoms with Crippen LogP contribution >= 0.6 is 11.6 Å². The third-order valence-corrected chi connectivity index (χ3v) is 8.81. The Hall–Kier alpha value is -2.51. The summed E-state index contributed by atoms with van der Waals surface area (Å²) in [5.74, 6) is -1.65. The maximum atomic E-state index is 12.6. The van der Waals surface area contributed by atoms with Gasteiger partial charge in [0.05, 0.1) is 9.79 Å². The lowest BCUT2D eigenvalue weighted by molar-refractivity contribution is -0.147. The number of amides is 1. The third kappa shape index (κ3) is 7.00. The first kappa shape index (κ1) is 27.7. The van der Waals surface area contributed by atoms with Gasteiger partial charge in [0.15, 0.2) is 6.61 Å². The van der Waals surface area contributed by atoms with E-state index in [1.165, 1.54) is 59.9 Å². The number of rotatable bonds is 11. The summed E-state index contributed by atoms with van der Waals surface area (Å²) >= 11 is 5.76. The molecule has 0 atom stereocenters. The lowest BCUT2D eigenvalue weighted by atomic mass is 10.3. The van der Waals surface area contributed by atoms with E-state index < -0.39 is 45.1 Å². The van der Waals surface area contributed by atoms with Crippen LogP contribution in [0.3, 0.4) is 0 Å². The quantitative estimate of drug-likeness (QED) is 0.440. The maximum Gasteiger partial charge on any atom is 0.321 e. The highest BCUT2D eigenvalue weighted by Crippen LogP contribution is 2.20. The van der Waals surface area contributed by atoms with E-state index in [0.29, 0.717) is 18.1 Å². The van der Waals surface area contributed by atoms with Gasteiger partial charge in [0.2, 0.25) is 20.0 Å². The normalized spacial score (nSPS) is 12.1. The summed E-state index contributed by atoms with van der Waals surface area (Å²) in [7, 11) is -6.47. The van der Waals surface area contributed by atoms with E-state index in [4.69, 9.17) is 16.3 Å². The average molecular weight is 532 g/mol. The van der Waals surface area contributed by atoms with Crippen molar-refractivity contribution in [3.8, 4) is 0 Å². The van der Waals surface area contributed by atoms with Crippen LogP contribution in [0.2, 0.25) is 5.02 Å². The van der Waals surface area contributed by atoms with Crippen LogP contribution in [0.4, 0.5) is 5.69 Å². The summed E-state index contributed by atoms with van der Waals surface area (Å²) in [4.78, 5) is 24.2. The highest BCUT2D eigenvalue weighted by Gasteiger charge is 2.24. The van der Waals surface area contributed by atoms with E-state index in [2.05, 4.69) is 5.32 Å². The fourth-order valence-corrected chi connectivity index (χ4v) is 5.63. The van der Waals surface area contributed by atoms with E-state index in [1.54, 1.807) is 13.8 Å². The molecule has 1 amide bonds. The van der Waals surface area contributed by atoms with Crippen LogP contribution < -0.4 is 5.32 Å². The number of hydrogen-bond acceptors (Lipinski definition) is 7. The van der Waals surface area contributed by atoms with Crippen LogP contribution in [0.15, 0.2) is 58.3 Å². The number of carbonyl (C=O) groups is 2. The molecular weight excluding hydrogens is 506 g/mol. The number of halogens is 1. The van der Waals surface area contributed by atoms with Gasteiger partial charge in [-0.15, -0.1) is 0 Å². The molecule has 0 aliphatic rings. The monoisotopic (exact) mass is 531 g/mol. The molecule has 0 unspecified atom stereocenters. The largest absolute Gasteiger partial charge is 0.455 e. The fourth-order valence-electron chi connectivity index (χ4n) is 2.89. The third-order valence-electron chi connectivity index (χ3n) is 4.70. The number of ether oxygens (including phenoxy) is 1.